The molecule has 60 valence electrons. The largest absolute Gasteiger partial charge is 0.302 e. The standard InChI is InChI=1S/C8H16FN/c1-2-3-4-10-6-8(5-9)7-10/h8H,2-7H2,1H3. The van der Waals surface area contributed by atoms with Gasteiger partial charge in [0.1, 0.15) is 0 Å². The lowest BCUT2D eigenvalue weighted by atomic mass is 10.0. The van der Waals surface area contributed by atoms with Crippen LogP contribution in [0.25, 0.3) is 0 Å². The van der Waals surface area contributed by atoms with Crippen molar-refractivity contribution in [2.75, 3.05) is 26.3 Å². The molecule has 0 spiro atoms. The van der Waals surface area contributed by atoms with E-state index in [1.165, 1.54) is 19.4 Å². The number of unbranched alkanes of at least 4 members (excludes halogenated alkanes) is 1. The second-order valence-corrected chi connectivity index (χ2v) is 3.13. The molecule has 1 heterocycles. The summed E-state index contributed by atoms with van der Waals surface area (Å²) >= 11 is 0. The number of nitrogens with zero attached hydrogens (tertiary/aromatic N) is 1. The van der Waals surface area contributed by atoms with Crippen LogP contribution in [0.3, 0.4) is 0 Å². The van der Waals surface area contributed by atoms with Crippen molar-refractivity contribution in [1.29, 1.82) is 0 Å². The quantitative estimate of drug-likeness (QED) is 0.582. The number of rotatable bonds is 4. The van der Waals surface area contributed by atoms with Gasteiger partial charge < -0.3 is 4.90 Å². The van der Waals surface area contributed by atoms with E-state index >= 15 is 0 Å². The summed E-state index contributed by atoms with van der Waals surface area (Å²) in [5.41, 5.74) is 0. The first-order chi connectivity index (χ1) is 4.86. The Kier molecular flexibility index (Phi) is 3.13. The summed E-state index contributed by atoms with van der Waals surface area (Å²) < 4.78 is 11.9. The van der Waals surface area contributed by atoms with Crippen LogP contribution in [0.2, 0.25) is 0 Å². The van der Waals surface area contributed by atoms with E-state index in [-0.39, 0.29) is 6.67 Å². The Bertz CT molecular complexity index is 86.5. The maximum atomic E-state index is 11.9. The first-order valence-electron chi connectivity index (χ1n) is 4.15. The van der Waals surface area contributed by atoms with E-state index < -0.39 is 0 Å². The van der Waals surface area contributed by atoms with Gasteiger partial charge in [0.25, 0.3) is 0 Å². The number of halogens is 1. The first-order valence-corrected chi connectivity index (χ1v) is 4.15. The van der Waals surface area contributed by atoms with Crippen molar-refractivity contribution in [1.82, 2.24) is 4.90 Å². The van der Waals surface area contributed by atoms with E-state index in [1.54, 1.807) is 0 Å². The average Bonchev–Trinajstić information content (AvgIpc) is 1.86. The van der Waals surface area contributed by atoms with Crippen molar-refractivity contribution < 1.29 is 4.39 Å². The lowest BCUT2D eigenvalue weighted by Crippen LogP contribution is -2.47. The summed E-state index contributed by atoms with van der Waals surface area (Å²) in [7, 11) is 0. The Morgan fingerprint density at radius 3 is 2.70 bits per heavy atom. The van der Waals surface area contributed by atoms with Crippen LogP contribution in [0.5, 0.6) is 0 Å². The van der Waals surface area contributed by atoms with Crippen LogP contribution in [0.4, 0.5) is 4.39 Å². The summed E-state index contributed by atoms with van der Waals surface area (Å²) in [6.07, 6.45) is 2.51. The molecule has 0 amide bonds. The third kappa shape index (κ3) is 1.94. The monoisotopic (exact) mass is 145 g/mol. The summed E-state index contributed by atoms with van der Waals surface area (Å²) in [6, 6.07) is 0. The number of hydrogen-bond donors (Lipinski definition) is 0. The normalized spacial score (nSPS) is 21.0. The molecule has 0 unspecified atom stereocenters. The Morgan fingerprint density at radius 1 is 1.50 bits per heavy atom. The molecular weight excluding hydrogens is 129 g/mol. The third-order valence-electron chi connectivity index (χ3n) is 2.08. The molecule has 0 aromatic rings. The van der Waals surface area contributed by atoms with Crippen molar-refractivity contribution in [2.24, 2.45) is 5.92 Å². The van der Waals surface area contributed by atoms with Crippen LogP contribution in [-0.4, -0.2) is 31.2 Å². The fraction of sp³-hybridized carbons (Fsp3) is 1.00. The second kappa shape index (κ2) is 3.91. The zero-order valence-electron chi connectivity index (χ0n) is 6.65. The number of hydrogen-bond acceptors (Lipinski definition) is 1. The van der Waals surface area contributed by atoms with Crippen molar-refractivity contribution in [2.45, 2.75) is 19.8 Å². The Morgan fingerprint density at radius 2 is 2.20 bits per heavy atom. The van der Waals surface area contributed by atoms with Crippen LogP contribution >= 0.6 is 0 Å². The zero-order valence-corrected chi connectivity index (χ0v) is 6.65. The van der Waals surface area contributed by atoms with Gasteiger partial charge in [0.05, 0.1) is 6.67 Å². The number of likely N-dealkylation sites (tertiary alicyclic amines) is 1. The fourth-order valence-electron chi connectivity index (χ4n) is 1.34. The average molecular weight is 145 g/mol. The molecule has 2 heteroatoms. The Balaban J connectivity index is 1.93. The molecule has 0 N–H and O–H groups in total. The fourth-order valence-corrected chi connectivity index (χ4v) is 1.34. The predicted molar refractivity (Wildman–Crippen MR) is 40.8 cm³/mol. The van der Waals surface area contributed by atoms with Crippen molar-refractivity contribution in [3.8, 4) is 0 Å². The highest BCUT2D eigenvalue weighted by molar-refractivity contribution is 4.78. The second-order valence-electron chi connectivity index (χ2n) is 3.13. The van der Waals surface area contributed by atoms with Gasteiger partial charge in [-0.3, -0.25) is 4.39 Å². The molecule has 0 atom stereocenters. The summed E-state index contributed by atoms with van der Waals surface area (Å²) in [4.78, 5) is 2.33. The minimum Gasteiger partial charge on any atom is -0.302 e. The Hall–Kier alpha value is -0.110. The lowest BCUT2D eigenvalue weighted by molar-refractivity contribution is 0.0798. The van der Waals surface area contributed by atoms with Gasteiger partial charge in [0.2, 0.25) is 0 Å². The molecule has 0 radical (unpaired) electrons. The summed E-state index contributed by atoms with van der Waals surface area (Å²) in [5.74, 6) is 0.358. The summed E-state index contributed by atoms with van der Waals surface area (Å²) in [5, 5.41) is 0. The van der Waals surface area contributed by atoms with Gasteiger partial charge in [-0.15, -0.1) is 0 Å². The van der Waals surface area contributed by atoms with E-state index in [2.05, 4.69) is 11.8 Å². The Labute approximate surface area is 62.2 Å². The predicted octanol–water partition coefficient (Wildman–Crippen LogP) is 1.69. The van der Waals surface area contributed by atoms with Crippen LogP contribution < -0.4 is 0 Å². The molecule has 0 aromatic carbocycles. The third-order valence-corrected chi connectivity index (χ3v) is 2.08. The SMILES string of the molecule is CCCCN1CC(CF)C1. The molecule has 1 rings (SSSR count). The smallest absolute Gasteiger partial charge is 0.0947 e. The van der Waals surface area contributed by atoms with Crippen molar-refractivity contribution in [3.05, 3.63) is 0 Å². The van der Waals surface area contributed by atoms with Crippen LogP contribution in [-0.2, 0) is 0 Å². The van der Waals surface area contributed by atoms with Crippen molar-refractivity contribution >= 4 is 0 Å². The van der Waals surface area contributed by atoms with Crippen LogP contribution in [0.15, 0.2) is 0 Å². The van der Waals surface area contributed by atoms with Crippen molar-refractivity contribution in [3.63, 3.8) is 0 Å². The minimum absolute atomic E-state index is 0.122. The van der Waals surface area contributed by atoms with E-state index in [0.717, 1.165) is 13.1 Å². The molecule has 0 aromatic heterocycles. The van der Waals surface area contributed by atoms with E-state index in [1.807, 2.05) is 0 Å². The maximum absolute atomic E-state index is 11.9. The minimum atomic E-state index is -0.122. The van der Waals surface area contributed by atoms with Crippen LogP contribution in [0.1, 0.15) is 19.8 Å². The highest BCUT2D eigenvalue weighted by Crippen LogP contribution is 2.15. The molecule has 1 aliphatic rings. The maximum Gasteiger partial charge on any atom is 0.0947 e. The molecule has 1 nitrogen and oxygen atoms in total. The molecule has 0 aliphatic carbocycles. The molecule has 0 saturated carbocycles. The van der Waals surface area contributed by atoms with Gasteiger partial charge in [0, 0.05) is 19.0 Å². The molecule has 1 saturated heterocycles. The van der Waals surface area contributed by atoms with Gasteiger partial charge >= 0.3 is 0 Å². The van der Waals surface area contributed by atoms with Gasteiger partial charge in [0.15, 0.2) is 0 Å². The molecule has 1 fully saturated rings. The zero-order chi connectivity index (χ0) is 7.40. The lowest BCUT2D eigenvalue weighted by Gasteiger charge is -2.37. The molecule has 0 bridgehead atoms. The first kappa shape index (κ1) is 7.99. The molecule has 1 aliphatic heterocycles. The van der Waals surface area contributed by atoms with Gasteiger partial charge in [-0.1, -0.05) is 13.3 Å². The molecule has 10 heavy (non-hydrogen) atoms. The van der Waals surface area contributed by atoms with Gasteiger partial charge in [-0.25, -0.2) is 0 Å². The summed E-state index contributed by atoms with van der Waals surface area (Å²) in [6.45, 7) is 5.23. The molecular formula is C8H16FN. The highest BCUT2D eigenvalue weighted by atomic mass is 19.1. The van der Waals surface area contributed by atoms with E-state index in [9.17, 15) is 4.39 Å². The van der Waals surface area contributed by atoms with Gasteiger partial charge in [-0.2, -0.15) is 0 Å². The highest BCUT2D eigenvalue weighted by Gasteiger charge is 2.25. The van der Waals surface area contributed by atoms with Gasteiger partial charge in [-0.05, 0) is 13.0 Å². The topological polar surface area (TPSA) is 3.24 Å². The van der Waals surface area contributed by atoms with E-state index in [4.69, 9.17) is 0 Å². The van der Waals surface area contributed by atoms with E-state index in [0.29, 0.717) is 5.92 Å². The number of alkyl halides is 1. The van der Waals surface area contributed by atoms with Crippen LogP contribution in [0, 0.1) is 5.92 Å².